The summed E-state index contributed by atoms with van der Waals surface area (Å²) >= 11 is 0. The van der Waals surface area contributed by atoms with Crippen LogP contribution in [0.5, 0.6) is 5.75 Å². The summed E-state index contributed by atoms with van der Waals surface area (Å²) < 4.78 is 6.94. The minimum Gasteiger partial charge on any atom is -0.497 e. The van der Waals surface area contributed by atoms with Crippen LogP contribution in [0.1, 0.15) is 11.1 Å². The second-order valence-electron chi connectivity index (χ2n) is 3.74. The topological polar surface area (TPSA) is 64.0 Å². The number of nitrogens with zero attached hydrogens (tertiary/aromatic N) is 2. The fourth-order valence-corrected chi connectivity index (χ4v) is 1.65. The van der Waals surface area contributed by atoms with Gasteiger partial charge in [-0.05, 0) is 23.8 Å². The summed E-state index contributed by atoms with van der Waals surface area (Å²) in [4.78, 5) is 0. The lowest BCUT2D eigenvalue weighted by Crippen LogP contribution is -2.02. The van der Waals surface area contributed by atoms with Crippen LogP contribution >= 0.6 is 0 Å². The largest absolute Gasteiger partial charge is 0.497 e. The summed E-state index contributed by atoms with van der Waals surface area (Å²) in [6.07, 6.45) is 1.75. The van der Waals surface area contributed by atoms with Gasteiger partial charge in [0.2, 0.25) is 0 Å². The smallest absolute Gasteiger partial charge is 0.118 e. The summed E-state index contributed by atoms with van der Waals surface area (Å²) in [5, 5.41) is 8.77. The van der Waals surface area contributed by atoms with Gasteiger partial charge >= 0.3 is 0 Å². The monoisotopic (exact) mass is 227 g/mol. The van der Waals surface area contributed by atoms with E-state index in [2.05, 4.69) is 6.07 Å². The number of aromatic nitrogens is 1. The lowest BCUT2D eigenvalue weighted by molar-refractivity contribution is 0.414. The van der Waals surface area contributed by atoms with Gasteiger partial charge in [-0.15, -0.1) is 0 Å². The van der Waals surface area contributed by atoms with Gasteiger partial charge in [0.25, 0.3) is 0 Å². The second-order valence-corrected chi connectivity index (χ2v) is 3.74. The Morgan fingerprint density at radius 1 is 1.35 bits per heavy atom. The summed E-state index contributed by atoms with van der Waals surface area (Å²) in [5.41, 5.74) is 7.50. The van der Waals surface area contributed by atoms with E-state index in [0.29, 0.717) is 17.9 Å². The van der Waals surface area contributed by atoms with Crippen molar-refractivity contribution in [3.63, 3.8) is 0 Å². The molecule has 0 unspecified atom stereocenters. The predicted molar refractivity (Wildman–Crippen MR) is 65.7 cm³/mol. The van der Waals surface area contributed by atoms with Gasteiger partial charge < -0.3 is 15.0 Å². The van der Waals surface area contributed by atoms with Crippen molar-refractivity contribution in [2.45, 2.75) is 6.54 Å². The third kappa shape index (κ3) is 2.40. The summed E-state index contributed by atoms with van der Waals surface area (Å²) in [7, 11) is 1.64. The van der Waals surface area contributed by atoms with Gasteiger partial charge in [-0.3, -0.25) is 0 Å². The van der Waals surface area contributed by atoms with Crippen LogP contribution in [0, 0.1) is 11.3 Å². The highest BCUT2D eigenvalue weighted by molar-refractivity contribution is 5.42. The zero-order valence-corrected chi connectivity index (χ0v) is 9.55. The highest BCUT2D eigenvalue weighted by Crippen LogP contribution is 2.15. The van der Waals surface area contributed by atoms with E-state index in [0.717, 1.165) is 11.3 Å². The van der Waals surface area contributed by atoms with E-state index in [1.54, 1.807) is 19.4 Å². The van der Waals surface area contributed by atoms with Crippen LogP contribution in [0.25, 0.3) is 0 Å². The molecule has 0 radical (unpaired) electrons. The Balaban J connectivity index is 2.19. The third-order valence-corrected chi connectivity index (χ3v) is 2.57. The molecule has 86 valence electrons. The van der Waals surface area contributed by atoms with E-state index in [9.17, 15) is 0 Å². The minimum atomic E-state index is 0.580. The van der Waals surface area contributed by atoms with Crippen molar-refractivity contribution in [1.29, 1.82) is 5.26 Å². The first kappa shape index (κ1) is 11.1. The van der Waals surface area contributed by atoms with E-state index >= 15 is 0 Å². The van der Waals surface area contributed by atoms with Crippen molar-refractivity contribution < 1.29 is 4.74 Å². The molecule has 2 rings (SSSR count). The molecule has 0 aliphatic rings. The molecule has 17 heavy (non-hydrogen) atoms. The lowest BCUT2D eigenvalue weighted by Gasteiger charge is -2.06. The highest BCUT2D eigenvalue weighted by Gasteiger charge is 2.03. The predicted octanol–water partition coefficient (Wildman–Crippen LogP) is 2.00. The van der Waals surface area contributed by atoms with E-state index < -0.39 is 0 Å². The Hall–Kier alpha value is -2.41. The van der Waals surface area contributed by atoms with Crippen LogP contribution in [-0.2, 0) is 6.54 Å². The molecule has 0 amide bonds. The number of rotatable bonds is 3. The van der Waals surface area contributed by atoms with E-state index in [-0.39, 0.29) is 0 Å². The molecule has 1 aromatic carbocycles. The molecule has 0 atom stereocenters. The van der Waals surface area contributed by atoms with E-state index in [4.69, 9.17) is 15.7 Å². The molecule has 2 N–H and O–H groups in total. The molecule has 0 aliphatic carbocycles. The van der Waals surface area contributed by atoms with Crippen molar-refractivity contribution in [3.8, 4) is 11.8 Å². The van der Waals surface area contributed by atoms with Crippen LogP contribution in [0.3, 0.4) is 0 Å². The first-order valence-electron chi connectivity index (χ1n) is 5.21. The van der Waals surface area contributed by atoms with Crippen LogP contribution in [-0.4, -0.2) is 11.7 Å². The summed E-state index contributed by atoms with van der Waals surface area (Å²) in [6, 6.07) is 11.5. The molecule has 0 bridgehead atoms. The van der Waals surface area contributed by atoms with Gasteiger partial charge in [0, 0.05) is 12.7 Å². The standard InChI is InChI=1S/C13H13N3O/c1-17-12-4-2-10(3-5-12)8-16-9-11(7-14)6-13(16)15/h2-6,9H,8,15H2,1H3. The normalized spacial score (nSPS) is 9.88. The van der Waals surface area contributed by atoms with Gasteiger partial charge in [-0.25, -0.2) is 0 Å². The maximum absolute atomic E-state index is 8.77. The molecule has 1 aromatic heterocycles. The Morgan fingerprint density at radius 3 is 2.59 bits per heavy atom. The molecule has 0 aliphatic heterocycles. The average molecular weight is 227 g/mol. The number of nitrogens with two attached hydrogens (primary N) is 1. The highest BCUT2D eigenvalue weighted by atomic mass is 16.5. The summed E-state index contributed by atoms with van der Waals surface area (Å²) in [6.45, 7) is 0.650. The first-order valence-corrected chi connectivity index (χ1v) is 5.21. The maximum atomic E-state index is 8.77. The van der Waals surface area contributed by atoms with E-state index in [1.807, 2.05) is 28.8 Å². The number of ether oxygens (including phenoxy) is 1. The van der Waals surface area contributed by atoms with Gasteiger partial charge in [0.1, 0.15) is 17.6 Å². The van der Waals surface area contributed by atoms with Crippen LogP contribution in [0.15, 0.2) is 36.5 Å². The van der Waals surface area contributed by atoms with Crippen molar-refractivity contribution in [3.05, 3.63) is 47.7 Å². The SMILES string of the molecule is COc1ccc(Cn2cc(C#N)cc2N)cc1. The fraction of sp³-hybridized carbons (Fsp3) is 0.154. The molecule has 0 saturated heterocycles. The molecular weight excluding hydrogens is 214 g/mol. The van der Waals surface area contributed by atoms with Crippen LogP contribution in [0.2, 0.25) is 0 Å². The Kier molecular flexibility index (Phi) is 3.01. The minimum absolute atomic E-state index is 0.580. The van der Waals surface area contributed by atoms with Gasteiger partial charge in [-0.1, -0.05) is 12.1 Å². The van der Waals surface area contributed by atoms with Crippen molar-refractivity contribution in [1.82, 2.24) is 4.57 Å². The molecule has 4 nitrogen and oxygen atoms in total. The fourth-order valence-electron chi connectivity index (χ4n) is 1.65. The Labute approximate surface area is 99.8 Å². The molecular formula is C13H13N3O. The number of hydrogen-bond acceptors (Lipinski definition) is 3. The van der Waals surface area contributed by atoms with Crippen molar-refractivity contribution >= 4 is 5.82 Å². The Bertz CT molecular complexity index is 549. The number of hydrogen-bond donors (Lipinski definition) is 1. The van der Waals surface area contributed by atoms with Gasteiger partial charge in [0.15, 0.2) is 0 Å². The van der Waals surface area contributed by atoms with Crippen molar-refractivity contribution in [2.24, 2.45) is 0 Å². The average Bonchev–Trinajstić information content (AvgIpc) is 2.71. The van der Waals surface area contributed by atoms with Gasteiger partial charge in [-0.2, -0.15) is 5.26 Å². The first-order chi connectivity index (χ1) is 8.22. The molecule has 4 heteroatoms. The van der Waals surface area contributed by atoms with Crippen LogP contribution < -0.4 is 10.5 Å². The molecule has 1 heterocycles. The quantitative estimate of drug-likeness (QED) is 0.872. The number of benzene rings is 1. The maximum Gasteiger partial charge on any atom is 0.118 e. The number of methoxy groups -OCH3 is 1. The zero-order valence-electron chi connectivity index (χ0n) is 9.55. The molecule has 0 fully saturated rings. The van der Waals surface area contributed by atoms with Crippen LogP contribution in [0.4, 0.5) is 5.82 Å². The molecule has 0 saturated carbocycles. The molecule has 2 aromatic rings. The van der Waals surface area contributed by atoms with Gasteiger partial charge in [0.05, 0.1) is 12.7 Å². The number of nitrogen functional groups attached to an aromatic ring is 1. The van der Waals surface area contributed by atoms with Crippen molar-refractivity contribution in [2.75, 3.05) is 12.8 Å². The number of nitriles is 1. The number of anilines is 1. The zero-order chi connectivity index (χ0) is 12.3. The third-order valence-electron chi connectivity index (χ3n) is 2.57. The molecule has 0 spiro atoms. The Morgan fingerprint density at radius 2 is 2.06 bits per heavy atom. The van der Waals surface area contributed by atoms with E-state index in [1.165, 1.54) is 0 Å². The lowest BCUT2D eigenvalue weighted by atomic mass is 10.2. The summed E-state index contributed by atoms with van der Waals surface area (Å²) in [5.74, 6) is 1.42. The second kappa shape index (κ2) is 4.62.